The Kier molecular flexibility index (Phi) is 5.09. The van der Waals surface area contributed by atoms with Crippen LogP contribution in [0, 0.1) is 0 Å². The second-order valence-corrected chi connectivity index (χ2v) is 5.15. The minimum atomic E-state index is -0.244. The Morgan fingerprint density at radius 3 is 2.76 bits per heavy atom. The Balaban J connectivity index is 1.99. The van der Waals surface area contributed by atoms with Crippen molar-refractivity contribution >= 4 is 17.6 Å². The lowest BCUT2D eigenvalue weighted by molar-refractivity contribution is -0.130. The summed E-state index contributed by atoms with van der Waals surface area (Å²) in [6, 6.07) is 1.94. The topological polar surface area (TPSA) is 62.3 Å². The van der Waals surface area contributed by atoms with Gasteiger partial charge in [0.2, 0.25) is 11.8 Å². The Bertz CT molecular complexity index is 554. The van der Waals surface area contributed by atoms with Gasteiger partial charge in [0.25, 0.3) is 0 Å². The molecule has 1 N–H and O–H groups in total. The molecule has 0 atom stereocenters. The Morgan fingerprint density at radius 1 is 1.38 bits per heavy atom. The normalized spacial score (nSPS) is 13.2. The molecule has 0 radical (unpaired) electrons. The molecule has 112 valence electrons. The van der Waals surface area contributed by atoms with Crippen LogP contribution in [0.2, 0.25) is 0 Å². The molecular weight excluding hydrogens is 266 g/mol. The molecule has 0 bridgehead atoms. The molecule has 5 heteroatoms. The smallest absolute Gasteiger partial charge is 0.246 e. The molecule has 5 nitrogen and oxygen atoms in total. The van der Waals surface area contributed by atoms with Gasteiger partial charge in [-0.1, -0.05) is 6.58 Å². The fourth-order valence-electron chi connectivity index (χ4n) is 2.51. The fraction of sp³-hybridized carbons (Fsp3) is 0.438. The van der Waals surface area contributed by atoms with Gasteiger partial charge in [0, 0.05) is 12.7 Å². The van der Waals surface area contributed by atoms with E-state index in [2.05, 4.69) is 16.9 Å². The zero-order valence-electron chi connectivity index (χ0n) is 12.4. The number of nitrogens with one attached hydrogen (secondary N) is 1. The van der Waals surface area contributed by atoms with Gasteiger partial charge >= 0.3 is 0 Å². The molecule has 1 aromatic rings. The van der Waals surface area contributed by atoms with Crippen LogP contribution in [0.25, 0.3) is 0 Å². The third kappa shape index (κ3) is 3.90. The summed E-state index contributed by atoms with van der Waals surface area (Å²) in [4.78, 5) is 29.2. The predicted molar refractivity (Wildman–Crippen MR) is 82.0 cm³/mol. The average Bonchev–Trinajstić information content (AvgIpc) is 2.51. The Hall–Kier alpha value is -2.17. The molecule has 0 spiro atoms. The number of rotatable bonds is 5. The van der Waals surface area contributed by atoms with Crippen LogP contribution in [0.3, 0.4) is 0 Å². The zero-order valence-corrected chi connectivity index (χ0v) is 12.4. The largest absolute Gasteiger partial charge is 0.330 e. The molecule has 1 aromatic heterocycles. The molecule has 0 saturated heterocycles. The summed E-state index contributed by atoms with van der Waals surface area (Å²) in [5.41, 5.74) is 2.54. The third-order valence-corrected chi connectivity index (χ3v) is 3.70. The number of carbonyl (C=O) groups is 2. The lowest BCUT2D eigenvalue weighted by atomic mass is 9.93. The summed E-state index contributed by atoms with van der Waals surface area (Å²) in [6.45, 7) is 5.74. The van der Waals surface area contributed by atoms with E-state index >= 15 is 0 Å². The predicted octanol–water partition coefficient (Wildman–Crippen LogP) is 1.93. The first kappa shape index (κ1) is 15.2. The number of carbonyl (C=O) groups excluding carboxylic acids is 2. The summed E-state index contributed by atoms with van der Waals surface area (Å²) in [6.07, 6.45) is 7.55. The second kappa shape index (κ2) is 7.02. The van der Waals surface area contributed by atoms with Crippen LogP contribution in [0.15, 0.2) is 24.9 Å². The van der Waals surface area contributed by atoms with Gasteiger partial charge in [-0.3, -0.25) is 9.59 Å². The van der Waals surface area contributed by atoms with Gasteiger partial charge in [-0.2, -0.15) is 0 Å². The van der Waals surface area contributed by atoms with Crippen molar-refractivity contribution in [2.45, 2.75) is 32.6 Å². The minimum absolute atomic E-state index is 0.0140. The maximum absolute atomic E-state index is 12.0. The lowest BCUT2D eigenvalue weighted by Gasteiger charge is -2.19. The van der Waals surface area contributed by atoms with Crippen LogP contribution < -0.4 is 5.32 Å². The van der Waals surface area contributed by atoms with E-state index < -0.39 is 0 Å². The van der Waals surface area contributed by atoms with Crippen molar-refractivity contribution in [3.63, 3.8) is 0 Å². The highest BCUT2D eigenvalue weighted by molar-refractivity contribution is 5.96. The van der Waals surface area contributed by atoms with Crippen molar-refractivity contribution in [3.8, 4) is 0 Å². The van der Waals surface area contributed by atoms with Crippen LogP contribution in [-0.4, -0.2) is 34.8 Å². The highest BCUT2D eigenvalue weighted by atomic mass is 16.2. The molecule has 0 unspecified atom stereocenters. The van der Waals surface area contributed by atoms with Gasteiger partial charge in [0.05, 0.1) is 0 Å². The fourth-order valence-corrected chi connectivity index (χ4v) is 2.51. The van der Waals surface area contributed by atoms with Crippen LogP contribution in [0.4, 0.5) is 5.82 Å². The maximum atomic E-state index is 12.0. The van der Waals surface area contributed by atoms with Crippen molar-refractivity contribution in [1.29, 1.82) is 0 Å². The van der Waals surface area contributed by atoms with Crippen molar-refractivity contribution in [2.24, 2.45) is 0 Å². The standard InChI is InChI=1S/C16H21N3O2/c1-3-16(21)19(4-2)11-15(20)18-14-9-12-7-5-6-8-13(12)10-17-14/h3,9-10H,1,4-8,11H2,2H3,(H,17,18,20). The number of fused-ring (bicyclic) bond motifs is 1. The van der Waals surface area contributed by atoms with E-state index in [0.29, 0.717) is 12.4 Å². The molecule has 0 aromatic carbocycles. The summed E-state index contributed by atoms with van der Waals surface area (Å²) in [5, 5.41) is 2.76. The number of likely N-dealkylation sites (N-methyl/N-ethyl adjacent to an activating group) is 1. The number of anilines is 1. The molecule has 21 heavy (non-hydrogen) atoms. The van der Waals surface area contributed by atoms with Gasteiger partial charge in [-0.15, -0.1) is 0 Å². The van der Waals surface area contributed by atoms with Crippen LogP contribution >= 0.6 is 0 Å². The van der Waals surface area contributed by atoms with Gasteiger partial charge in [-0.25, -0.2) is 4.98 Å². The first-order chi connectivity index (χ1) is 10.1. The summed E-state index contributed by atoms with van der Waals surface area (Å²) < 4.78 is 0. The average molecular weight is 287 g/mol. The van der Waals surface area contributed by atoms with Crippen LogP contribution in [0.1, 0.15) is 30.9 Å². The Morgan fingerprint density at radius 2 is 2.10 bits per heavy atom. The first-order valence-electron chi connectivity index (χ1n) is 7.33. The van der Waals surface area contributed by atoms with E-state index in [-0.39, 0.29) is 18.4 Å². The molecule has 2 rings (SSSR count). The number of hydrogen-bond acceptors (Lipinski definition) is 3. The highest BCUT2D eigenvalue weighted by Gasteiger charge is 2.15. The van der Waals surface area contributed by atoms with Crippen LogP contribution in [0.5, 0.6) is 0 Å². The van der Waals surface area contributed by atoms with Crippen molar-refractivity contribution in [1.82, 2.24) is 9.88 Å². The minimum Gasteiger partial charge on any atom is -0.330 e. The number of nitrogens with zero attached hydrogens (tertiary/aromatic N) is 2. The summed E-state index contributed by atoms with van der Waals surface area (Å²) in [5.74, 6) is 0.0733. The highest BCUT2D eigenvalue weighted by Crippen LogP contribution is 2.22. The van der Waals surface area contributed by atoms with E-state index in [4.69, 9.17) is 0 Å². The van der Waals surface area contributed by atoms with Gasteiger partial charge in [0.1, 0.15) is 12.4 Å². The number of hydrogen-bond donors (Lipinski definition) is 1. The number of aromatic nitrogens is 1. The van der Waals surface area contributed by atoms with Gasteiger partial charge in [0.15, 0.2) is 0 Å². The molecule has 0 saturated carbocycles. The monoisotopic (exact) mass is 287 g/mol. The Labute approximate surface area is 125 Å². The third-order valence-electron chi connectivity index (χ3n) is 3.70. The zero-order chi connectivity index (χ0) is 15.2. The molecule has 0 aliphatic heterocycles. The molecule has 1 heterocycles. The molecule has 0 fully saturated rings. The van der Waals surface area contributed by atoms with E-state index in [0.717, 1.165) is 12.8 Å². The quantitative estimate of drug-likeness (QED) is 0.842. The van der Waals surface area contributed by atoms with E-state index in [1.54, 1.807) is 0 Å². The van der Waals surface area contributed by atoms with E-state index in [9.17, 15) is 9.59 Å². The van der Waals surface area contributed by atoms with Crippen molar-refractivity contribution in [3.05, 3.63) is 36.0 Å². The van der Waals surface area contributed by atoms with Gasteiger partial charge < -0.3 is 10.2 Å². The SMILES string of the molecule is C=CC(=O)N(CC)CC(=O)Nc1cc2c(cn1)CCCC2. The number of amides is 2. The molecular formula is C16H21N3O2. The number of pyridine rings is 1. The molecule has 1 aliphatic carbocycles. The van der Waals surface area contributed by atoms with Crippen molar-refractivity contribution in [2.75, 3.05) is 18.4 Å². The van der Waals surface area contributed by atoms with Crippen molar-refractivity contribution < 1.29 is 9.59 Å². The van der Waals surface area contributed by atoms with Crippen LogP contribution in [-0.2, 0) is 22.4 Å². The summed E-state index contributed by atoms with van der Waals surface area (Å²) in [7, 11) is 0. The van der Waals surface area contributed by atoms with Gasteiger partial charge in [-0.05, 0) is 55.9 Å². The van der Waals surface area contributed by atoms with E-state index in [1.165, 1.54) is 34.9 Å². The number of aryl methyl sites for hydroxylation is 2. The second-order valence-electron chi connectivity index (χ2n) is 5.15. The first-order valence-corrected chi connectivity index (χ1v) is 7.33. The molecule has 1 aliphatic rings. The maximum Gasteiger partial charge on any atom is 0.246 e. The van der Waals surface area contributed by atoms with E-state index in [1.807, 2.05) is 19.2 Å². The summed E-state index contributed by atoms with van der Waals surface area (Å²) >= 11 is 0. The lowest BCUT2D eigenvalue weighted by Crippen LogP contribution is -2.36. The molecule has 2 amide bonds.